The van der Waals surface area contributed by atoms with Gasteiger partial charge in [-0.25, -0.2) is 0 Å². The van der Waals surface area contributed by atoms with E-state index >= 15 is 0 Å². The van der Waals surface area contributed by atoms with Crippen LogP contribution in [0, 0.1) is 0 Å². The van der Waals surface area contributed by atoms with Gasteiger partial charge in [-0.3, -0.25) is 0 Å². The molecule has 0 aromatic heterocycles. The van der Waals surface area contributed by atoms with Gasteiger partial charge in [-0.05, 0) is 47.6 Å². The van der Waals surface area contributed by atoms with Crippen LogP contribution in [-0.4, -0.2) is 12.0 Å². The Morgan fingerprint density at radius 1 is 0.875 bits per heavy atom. The lowest BCUT2D eigenvalue weighted by Gasteiger charge is -2.25. The van der Waals surface area contributed by atoms with Crippen molar-refractivity contribution in [1.82, 2.24) is 0 Å². The summed E-state index contributed by atoms with van der Waals surface area (Å²) in [7, 11) is 0. The molecular formula is C22H29ClO. The van der Waals surface area contributed by atoms with Crippen molar-refractivity contribution in [2.24, 2.45) is 0 Å². The SMILES string of the molecule is CCOc1ccc(C(c2ccc(C(C)(C)C)cc2)C(Cl)CC)cc1. The molecule has 0 heterocycles. The molecule has 0 bridgehead atoms. The summed E-state index contributed by atoms with van der Waals surface area (Å²) in [4.78, 5) is 0. The highest BCUT2D eigenvalue weighted by Gasteiger charge is 2.23. The second kappa shape index (κ2) is 8.07. The van der Waals surface area contributed by atoms with E-state index in [1.165, 1.54) is 16.7 Å². The molecule has 2 heteroatoms. The predicted octanol–water partition coefficient (Wildman–Crippen LogP) is 6.53. The summed E-state index contributed by atoms with van der Waals surface area (Å²) in [5.74, 6) is 1.10. The van der Waals surface area contributed by atoms with E-state index in [9.17, 15) is 0 Å². The van der Waals surface area contributed by atoms with Gasteiger partial charge < -0.3 is 4.74 Å². The van der Waals surface area contributed by atoms with E-state index < -0.39 is 0 Å². The van der Waals surface area contributed by atoms with Gasteiger partial charge in [0.05, 0.1) is 6.61 Å². The van der Waals surface area contributed by atoms with Crippen LogP contribution in [0.4, 0.5) is 0 Å². The molecule has 130 valence electrons. The van der Waals surface area contributed by atoms with Crippen molar-refractivity contribution in [1.29, 1.82) is 0 Å². The Kier molecular flexibility index (Phi) is 6.34. The molecule has 24 heavy (non-hydrogen) atoms. The molecule has 0 radical (unpaired) electrons. The first-order valence-electron chi connectivity index (χ1n) is 8.84. The van der Waals surface area contributed by atoms with Crippen LogP contribution < -0.4 is 4.74 Å². The van der Waals surface area contributed by atoms with E-state index in [2.05, 4.69) is 64.1 Å². The lowest BCUT2D eigenvalue weighted by molar-refractivity contribution is 0.340. The number of benzene rings is 2. The normalized spacial score (nSPS) is 14.2. The summed E-state index contributed by atoms with van der Waals surface area (Å²) < 4.78 is 5.55. The lowest BCUT2D eigenvalue weighted by atomic mass is 9.83. The van der Waals surface area contributed by atoms with Crippen LogP contribution in [0.25, 0.3) is 0 Å². The molecule has 2 atom stereocenters. The van der Waals surface area contributed by atoms with Gasteiger partial charge in [0, 0.05) is 11.3 Å². The zero-order valence-electron chi connectivity index (χ0n) is 15.5. The summed E-state index contributed by atoms with van der Waals surface area (Å²) in [5.41, 5.74) is 4.02. The lowest BCUT2D eigenvalue weighted by Crippen LogP contribution is -2.15. The third kappa shape index (κ3) is 4.54. The minimum absolute atomic E-state index is 0.0726. The first-order valence-corrected chi connectivity index (χ1v) is 9.27. The van der Waals surface area contributed by atoms with Crippen LogP contribution in [0.5, 0.6) is 5.75 Å². The smallest absolute Gasteiger partial charge is 0.119 e. The quantitative estimate of drug-likeness (QED) is 0.541. The Labute approximate surface area is 152 Å². The van der Waals surface area contributed by atoms with E-state index in [1.54, 1.807) is 0 Å². The van der Waals surface area contributed by atoms with Crippen LogP contribution in [0.2, 0.25) is 0 Å². The number of hydrogen-bond donors (Lipinski definition) is 0. The largest absolute Gasteiger partial charge is 0.494 e. The average molecular weight is 345 g/mol. The van der Waals surface area contributed by atoms with Crippen molar-refractivity contribution in [3.63, 3.8) is 0 Å². The molecule has 2 aromatic carbocycles. The Morgan fingerprint density at radius 2 is 1.38 bits per heavy atom. The van der Waals surface area contributed by atoms with E-state index in [-0.39, 0.29) is 16.7 Å². The minimum Gasteiger partial charge on any atom is -0.494 e. The molecule has 0 fully saturated rings. The highest BCUT2D eigenvalue weighted by Crippen LogP contribution is 2.35. The van der Waals surface area contributed by atoms with Gasteiger partial charge in [0.2, 0.25) is 0 Å². The number of ether oxygens (including phenoxy) is 1. The topological polar surface area (TPSA) is 9.23 Å². The van der Waals surface area contributed by atoms with E-state index in [4.69, 9.17) is 16.3 Å². The number of alkyl halides is 1. The van der Waals surface area contributed by atoms with Crippen molar-refractivity contribution in [3.05, 3.63) is 65.2 Å². The van der Waals surface area contributed by atoms with Crippen LogP contribution in [0.3, 0.4) is 0 Å². The van der Waals surface area contributed by atoms with E-state index in [0.29, 0.717) is 6.61 Å². The molecule has 1 nitrogen and oxygen atoms in total. The van der Waals surface area contributed by atoms with Crippen molar-refractivity contribution in [2.75, 3.05) is 6.61 Å². The molecule has 0 N–H and O–H groups in total. The molecule has 0 spiro atoms. The molecule has 0 amide bonds. The Balaban J connectivity index is 2.34. The van der Waals surface area contributed by atoms with Crippen molar-refractivity contribution >= 4 is 11.6 Å². The summed E-state index contributed by atoms with van der Waals surface area (Å²) >= 11 is 6.70. The summed E-state index contributed by atoms with van der Waals surface area (Å²) in [6.07, 6.45) is 0.931. The van der Waals surface area contributed by atoms with Gasteiger partial charge in [-0.15, -0.1) is 11.6 Å². The second-order valence-electron chi connectivity index (χ2n) is 7.28. The molecule has 2 unspecified atom stereocenters. The molecule has 0 aliphatic carbocycles. The molecule has 0 aliphatic heterocycles. The summed E-state index contributed by atoms with van der Waals surface area (Å²) in [5, 5.41) is 0.0726. The zero-order valence-corrected chi connectivity index (χ0v) is 16.2. The highest BCUT2D eigenvalue weighted by atomic mass is 35.5. The first kappa shape index (κ1) is 18.9. The molecule has 0 aliphatic rings. The fourth-order valence-corrected chi connectivity index (χ4v) is 3.27. The van der Waals surface area contributed by atoms with Crippen molar-refractivity contribution in [2.45, 2.75) is 57.7 Å². The van der Waals surface area contributed by atoms with Gasteiger partial charge in [0.1, 0.15) is 5.75 Å². The van der Waals surface area contributed by atoms with Gasteiger partial charge in [0.25, 0.3) is 0 Å². The van der Waals surface area contributed by atoms with Crippen LogP contribution in [-0.2, 0) is 5.41 Å². The van der Waals surface area contributed by atoms with Crippen LogP contribution >= 0.6 is 11.6 Å². The molecule has 2 rings (SSSR count). The second-order valence-corrected chi connectivity index (χ2v) is 7.84. The number of rotatable bonds is 6. The van der Waals surface area contributed by atoms with Crippen LogP contribution in [0.1, 0.15) is 63.6 Å². The molecule has 2 aromatic rings. The first-order chi connectivity index (χ1) is 11.4. The zero-order chi connectivity index (χ0) is 17.7. The summed E-state index contributed by atoms with van der Waals surface area (Å²) in [6.45, 7) is 11.5. The molecule has 0 saturated heterocycles. The standard InChI is InChI=1S/C22H29ClO/c1-6-20(23)21(17-10-14-19(15-11-17)24-7-2)16-8-12-18(13-9-16)22(3,4)5/h8-15,20-21H,6-7H2,1-5H3. The Morgan fingerprint density at radius 3 is 1.79 bits per heavy atom. The highest BCUT2D eigenvalue weighted by molar-refractivity contribution is 6.21. The van der Waals surface area contributed by atoms with Crippen LogP contribution in [0.15, 0.2) is 48.5 Å². The van der Waals surface area contributed by atoms with Gasteiger partial charge in [0.15, 0.2) is 0 Å². The summed E-state index contributed by atoms with van der Waals surface area (Å²) in [6, 6.07) is 17.3. The van der Waals surface area contributed by atoms with Crippen molar-refractivity contribution < 1.29 is 4.74 Å². The minimum atomic E-state index is 0.0726. The number of halogens is 1. The number of hydrogen-bond acceptors (Lipinski definition) is 1. The maximum Gasteiger partial charge on any atom is 0.119 e. The third-order valence-electron chi connectivity index (χ3n) is 4.44. The fourth-order valence-electron chi connectivity index (χ4n) is 2.97. The fraction of sp³-hybridized carbons (Fsp3) is 0.455. The predicted molar refractivity (Wildman–Crippen MR) is 105 cm³/mol. The van der Waals surface area contributed by atoms with Gasteiger partial charge in [-0.2, -0.15) is 0 Å². The molecule has 0 saturated carbocycles. The monoisotopic (exact) mass is 344 g/mol. The van der Waals surface area contributed by atoms with Crippen molar-refractivity contribution in [3.8, 4) is 5.75 Å². The Hall–Kier alpha value is -1.47. The van der Waals surface area contributed by atoms with E-state index in [1.807, 2.05) is 19.1 Å². The maximum atomic E-state index is 6.70. The van der Waals surface area contributed by atoms with E-state index in [0.717, 1.165) is 12.2 Å². The third-order valence-corrected chi connectivity index (χ3v) is 5.00. The Bertz CT molecular complexity index is 623. The molecular weight excluding hydrogens is 316 g/mol. The maximum absolute atomic E-state index is 6.70. The van der Waals surface area contributed by atoms with Gasteiger partial charge in [-0.1, -0.05) is 64.1 Å². The average Bonchev–Trinajstić information content (AvgIpc) is 2.56. The van der Waals surface area contributed by atoms with Gasteiger partial charge >= 0.3 is 0 Å².